The molecule has 4 rings (SSSR count). The van der Waals surface area contributed by atoms with E-state index in [1.807, 2.05) is 71.5 Å². The van der Waals surface area contributed by atoms with Gasteiger partial charge in [0.25, 0.3) is 0 Å². The number of carbonyl (C=O) groups excluding carboxylic acids is 1. The summed E-state index contributed by atoms with van der Waals surface area (Å²) in [5, 5.41) is 14.5. The summed E-state index contributed by atoms with van der Waals surface area (Å²) in [4.78, 5) is 17.9. The van der Waals surface area contributed by atoms with Gasteiger partial charge in [-0.05, 0) is 36.1 Å². The van der Waals surface area contributed by atoms with E-state index in [9.17, 15) is 4.79 Å². The van der Waals surface area contributed by atoms with Crippen molar-refractivity contribution in [2.45, 2.75) is 24.7 Å². The van der Waals surface area contributed by atoms with Gasteiger partial charge in [-0.3, -0.25) is 9.78 Å². The number of pyridine rings is 1. The fourth-order valence-corrected chi connectivity index (χ4v) is 4.76. The van der Waals surface area contributed by atoms with Crippen molar-refractivity contribution in [3.05, 3.63) is 82.8 Å². The van der Waals surface area contributed by atoms with Gasteiger partial charge in [-0.2, -0.15) is 0 Å². The number of rotatable bonds is 8. The van der Waals surface area contributed by atoms with Crippen molar-refractivity contribution >= 4 is 29.0 Å². The van der Waals surface area contributed by atoms with Crippen molar-refractivity contribution in [3.63, 3.8) is 0 Å². The number of benzene rings is 1. The molecule has 0 aliphatic carbocycles. The van der Waals surface area contributed by atoms with Crippen molar-refractivity contribution in [1.82, 2.24) is 25.1 Å². The molecule has 6 nitrogen and oxygen atoms in total. The van der Waals surface area contributed by atoms with E-state index in [1.165, 1.54) is 11.8 Å². The van der Waals surface area contributed by atoms with Crippen LogP contribution in [0.15, 0.2) is 77.5 Å². The van der Waals surface area contributed by atoms with Gasteiger partial charge in [-0.1, -0.05) is 48.2 Å². The Kier molecular flexibility index (Phi) is 6.56. The summed E-state index contributed by atoms with van der Waals surface area (Å²) in [6.45, 7) is 2.76. The van der Waals surface area contributed by atoms with Gasteiger partial charge >= 0.3 is 0 Å². The molecule has 0 unspecified atom stereocenters. The minimum atomic E-state index is -0.157. The molecule has 0 spiro atoms. The van der Waals surface area contributed by atoms with Crippen LogP contribution in [-0.4, -0.2) is 31.4 Å². The zero-order valence-electron chi connectivity index (χ0n) is 16.4. The van der Waals surface area contributed by atoms with Crippen LogP contribution in [0, 0.1) is 0 Å². The highest BCUT2D eigenvalue weighted by Gasteiger charge is 2.19. The van der Waals surface area contributed by atoms with Gasteiger partial charge < -0.3 is 9.88 Å². The highest BCUT2D eigenvalue weighted by molar-refractivity contribution is 7.99. The van der Waals surface area contributed by atoms with Crippen molar-refractivity contribution in [1.29, 1.82) is 0 Å². The van der Waals surface area contributed by atoms with Crippen molar-refractivity contribution in [2.24, 2.45) is 0 Å². The molecule has 0 fully saturated rings. The third kappa shape index (κ3) is 4.60. The molecule has 0 saturated heterocycles. The lowest BCUT2D eigenvalue weighted by Crippen LogP contribution is -2.30. The highest BCUT2D eigenvalue weighted by Crippen LogP contribution is 2.27. The number of hydrogen-bond acceptors (Lipinski definition) is 6. The fraction of sp³-hybridized carbons (Fsp3) is 0.182. The molecule has 0 aliphatic heterocycles. The Morgan fingerprint density at radius 1 is 1.10 bits per heavy atom. The number of thiophene rings is 1. The van der Waals surface area contributed by atoms with Crippen LogP contribution in [0.25, 0.3) is 11.4 Å². The first-order valence-corrected chi connectivity index (χ1v) is 11.5. The zero-order chi connectivity index (χ0) is 20.8. The van der Waals surface area contributed by atoms with Gasteiger partial charge in [0.2, 0.25) is 5.91 Å². The van der Waals surface area contributed by atoms with E-state index < -0.39 is 0 Å². The average Bonchev–Trinajstić information content (AvgIpc) is 3.47. The minimum Gasteiger partial charge on any atom is -0.344 e. The van der Waals surface area contributed by atoms with Gasteiger partial charge in [0.1, 0.15) is 0 Å². The number of nitrogens with zero attached hydrogens (tertiary/aromatic N) is 4. The Morgan fingerprint density at radius 3 is 2.60 bits per heavy atom. The highest BCUT2D eigenvalue weighted by atomic mass is 32.2. The third-order valence-electron chi connectivity index (χ3n) is 4.57. The first-order valence-electron chi connectivity index (χ1n) is 9.60. The van der Waals surface area contributed by atoms with Crippen molar-refractivity contribution in [3.8, 4) is 11.4 Å². The normalized spacial score (nSPS) is 11.9. The Morgan fingerprint density at radius 2 is 1.90 bits per heavy atom. The largest absolute Gasteiger partial charge is 0.344 e. The smallest absolute Gasteiger partial charge is 0.231 e. The number of hydrogen-bond donors (Lipinski definition) is 1. The van der Waals surface area contributed by atoms with Gasteiger partial charge in [-0.15, -0.1) is 21.5 Å². The Hall–Kier alpha value is -2.97. The summed E-state index contributed by atoms with van der Waals surface area (Å²) in [6, 6.07) is 17.7. The summed E-state index contributed by atoms with van der Waals surface area (Å²) < 4.78 is 2.02. The molecule has 1 aromatic carbocycles. The van der Waals surface area contributed by atoms with E-state index in [1.54, 1.807) is 23.7 Å². The number of nitrogens with one attached hydrogen (secondary N) is 1. The fourth-order valence-electron chi connectivity index (χ4n) is 3.15. The molecule has 4 aromatic rings. The van der Waals surface area contributed by atoms with Crippen LogP contribution in [0.4, 0.5) is 0 Å². The quantitative estimate of drug-likeness (QED) is 0.415. The average molecular weight is 436 g/mol. The van der Waals surface area contributed by atoms with E-state index in [2.05, 4.69) is 20.5 Å². The second kappa shape index (κ2) is 9.69. The predicted octanol–water partition coefficient (Wildman–Crippen LogP) is 4.42. The van der Waals surface area contributed by atoms with E-state index >= 15 is 0 Å². The van der Waals surface area contributed by atoms with E-state index in [0.717, 1.165) is 33.5 Å². The summed E-state index contributed by atoms with van der Waals surface area (Å²) >= 11 is 3.03. The standard InChI is InChI=1S/C22H21N5OS2/c1-2-27-21(17-10-12-23-13-11-17)25-26-22(27)30-15-19(28)24-20(18-9-6-14-29-18)16-7-4-3-5-8-16/h3-14,20H,2,15H2,1H3,(H,24,28)/t20-/m0/s1. The van der Waals surface area contributed by atoms with Crippen LogP contribution in [0.3, 0.4) is 0 Å². The monoisotopic (exact) mass is 435 g/mol. The maximum atomic E-state index is 12.8. The molecule has 0 bridgehead atoms. The van der Waals surface area contributed by atoms with Crippen LogP contribution < -0.4 is 5.32 Å². The molecule has 152 valence electrons. The lowest BCUT2D eigenvalue weighted by Gasteiger charge is -2.18. The van der Waals surface area contributed by atoms with Crippen molar-refractivity contribution < 1.29 is 4.79 Å². The Labute approximate surface area is 183 Å². The van der Waals surface area contributed by atoms with Crippen LogP contribution in [0.1, 0.15) is 23.4 Å². The Balaban J connectivity index is 1.46. The van der Waals surface area contributed by atoms with Gasteiger partial charge in [0.05, 0.1) is 11.8 Å². The predicted molar refractivity (Wildman–Crippen MR) is 120 cm³/mol. The molecular weight excluding hydrogens is 414 g/mol. The van der Waals surface area contributed by atoms with Crippen LogP contribution >= 0.6 is 23.1 Å². The molecule has 3 heterocycles. The molecule has 1 atom stereocenters. The second-order valence-corrected chi connectivity index (χ2v) is 8.42. The number of amides is 1. The van der Waals surface area contributed by atoms with E-state index in [-0.39, 0.29) is 17.7 Å². The summed E-state index contributed by atoms with van der Waals surface area (Å²) in [5.74, 6) is 1.00. The number of aromatic nitrogens is 4. The molecular formula is C22H21N5OS2. The van der Waals surface area contributed by atoms with E-state index in [4.69, 9.17) is 0 Å². The summed E-state index contributed by atoms with van der Waals surface area (Å²) in [7, 11) is 0. The molecule has 1 N–H and O–H groups in total. The molecule has 0 aliphatic rings. The SMILES string of the molecule is CCn1c(SCC(=O)N[C@@H](c2ccccc2)c2cccs2)nnc1-c1ccncc1. The molecule has 0 radical (unpaired) electrons. The maximum absolute atomic E-state index is 12.8. The minimum absolute atomic E-state index is 0.0432. The lowest BCUT2D eigenvalue weighted by molar-refractivity contribution is -0.119. The number of thioether (sulfide) groups is 1. The van der Waals surface area contributed by atoms with Crippen LogP contribution in [-0.2, 0) is 11.3 Å². The third-order valence-corrected chi connectivity index (χ3v) is 6.47. The molecule has 30 heavy (non-hydrogen) atoms. The lowest BCUT2D eigenvalue weighted by atomic mass is 10.1. The van der Waals surface area contributed by atoms with E-state index in [0.29, 0.717) is 0 Å². The first kappa shape index (κ1) is 20.3. The van der Waals surface area contributed by atoms with Crippen molar-refractivity contribution in [2.75, 3.05) is 5.75 Å². The van der Waals surface area contributed by atoms with Crippen LogP contribution in [0.2, 0.25) is 0 Å². The van der Waals surface area contributed by atoms with Gasteiger partial charge in [-0.25, -0.2) is 0 Å². The maximum Gasteiger partial charge on any atom is 0.231 e. The molecule has 0 saturated carbocycles. The molecule has 1 amide bonds. The molecule has 3 aromatic heterocycles. The molecule has 8 heteroatoms. The Bertz CT molecular complexity index is 1080. The van der Waals surface area contributed by atoms with Gasteiger partial charge in [0.15, 0.2) is 11.0 Å². The number of carbonyl (C=O) groups is 1. The first-order chi connectivity index (χ1) is 14.8. The summed E-state index contributed by atoms with van der Waals surface area (Å²) in [5.41, 5.74) is 2.02. The second-order valence-electron chi connectivity index (χ2n) is 6.50. The zero-order valence-corrected chi connectivity index (χ0v) is 18.1. The van der Waals surface area contributed by atoms with Crippen LogP contribution in [0.5, 0.6) is 0 Å². The van der Waals surface area contributed by atoms with Gasteiger partial charge in [0, 0.05) is 29.4 Å². The topological polar surface area (TPSA) is 72.7 Å². The summed E-state index contributed by atoms with van der Waals surface area (Å²) in [6.07, 6.45) is 3.47.